The summed E-state index contributed by atoms with van der Waals surface area (Å²) >= 11 is 0. The Morgan fingerprint density at radius 1 is 1.82 bits per heavy atom. The van der Waals surface area contributed by atoms with Gasteiger partial charge in [-0.2, -0.15) is 0 Å². The largest absolute Gasteiger partial charge is 0.480 e. The maximum Gasteiger partial charge on any atom is 0.328 e. The van der Waals surface area contributed by atoms with E-state index < -0.39 is 12.0 Å². The van der Waals surface area contributed by atoms with Crippen LogP contribution in [0.3, 0.4) is 0 Å². The molecule has 1 rings (SSSR count). The van der Waals surface area contributed by atoms with Crippen LogP contribution in [-0.2, 0) is 4.79 Å². The minimum absolute atomic E-state index is 0.642. The zero-order valence-electron chi connectivity index (χ0n) is 6.35. The first-order valence-electron chi connectivity index (χ1n) is 3.22. The Morgan fingerprint density at radius 2 is 2.45 bits per heavy atom. The number of carboxylic acids is 1. The van der Waals surface area contributed by atoms with Crippen molar-refractivity contribution in [2.75, 3.05) is 0 Å². The molecule has 1 atom stereocenters. The van der Waals surface area contributed by atoms with Crippen LogP contribution in [0, 0.1) is 6.92 Å². The highest BCUT2D eigenvalue weighted by atomic mass is 16.4. The van der Waals surface area contributed by atoms with Crippen molar-refractivity contribution in [3.05, 3.63) is 11.9 Å². The van der Waals surface area contributed by atoms with E-state index in [0.717, 1.165) is 5.69 Å². The average molecular weight is 155 g/mol. The third-order valence-electron chi connectivity index (χ3n) is 1.38. The second-order valence-corrected chi connectivity index (χ2v) is 2.35. The maximum atomic E-state index is 10.4. The van der Waals surface area contributed by atoms with Crippen LogP contribution in [0.1, 0.15) is 18.7 Å². The fraction of sp³-hybridized carbons (Fsp3) is 0.500. The molecule has 0 aromatic carbocycles. The van der Waals surface area contributed by atoms with Crippen LogP contribution in [0.4, 0.5) is 0 Å². The lowest BCUT2D eigenvalue weighted by Gasteiger charge is -2.03. The number of aryl methyl sites for hydroxylation is 1. The van der Waals surface area contributed by atoms with Crippen LogP contribution < -0.4 is 0 Å². The van der Waals surface area contributed by atoms with E-state index in [0.29, 0.717) is 0 Å². The van der Waals surface area contributed by atoms with Gasteiger partial charge in [0, 0.05) is 6.20 Å². The second kappa shape index (κ2) is 2.69. The van der Waals surface area contributed by atoms with Crippen molar-refractivity contribution in [2.45, 2.75) is 19.9 Å². The van der Waals surface area contributed by atoms with Gasteiger partial charge >= 0.3 is 5.97 Å². The predicted octanol–water partition coefficient (Wildman–Crippen LogP) is 0.232. The summed E-state index contributed by atoms with van der Waals surface area (Å²) in [6, 6.07) is -0.642. The topological polar surface area (TPSA) is 68.0 Å². The normalized spacial score (nSPS) is 12.9. The van der Waals surface area contributed by atoms with E-state index in [1.165, 1.54) is 4.68 Å². The molecule has 1 aromatic rings. The molecule has 0 aliphatic heterocycles. The molecule has 1 aromatic heterocycles. The average Bonchev–Trinajstić information content (AvgIpc) is 2.34. The minimum Gasteiger partial charge on any atom is -0.480 e. The van der Waals surface area contributed by atoms with Crippen molar-refractivity contribution in [2.24, 2.45) is 0 Å². The molecule has 0 saturated carbocycles. The Kier molecular flexibility index (Phi) is 1.89. The lowest BCUT2D eigenvalue weighted by molar-refractivity contribution is -0.140. The summed E-state index contributed by atoms with van der Waals surface area (Å²) in [6.45, 7) is 3.31. The lowest BCUT2D eigenvalue weighted by atomic mass is 10.3. The summed E-state index contributed by atoms with van der Waals surface area (Å²) in [4.78, 5) is 10.4. The molecule has 0 bridgehead atoms. The fourth-order valence-corrected chi connectivity index (χ4v) is 0.668. The zero-order chi connectivity index (χ0) is 8.43. The van der Waals surface area contributed by atoms with E-state index in [9.17, 15) is 4.79 Å². The number of aromatic nitrogens is 3. The number of rotatable bonds is 2. The van der Waals surface area contributed by atoms with Gasteiger partial charge in [0.15, 0.2) is 0 Å². The number of hydrogen-bond donors (Lipinski definition) is 1. The van der Waals surface area contributed by atoms with Gasteiger partial charge in [0.25, 0.3) is 0 Å². The molecule has 0 saturated heterocycles. The van der Waals surface area contributed by atoms with Crippen LogP contribution in [0.25, 0.3) is 0 Å². The van der Waals surface area contributed by atoms with Gasteiger partial charge in [-0.05, 0) is 13.8 Å². The van der Waals surface area contributed by atoms with E-state index in [4.69, 9.17) is 5.11 Å². The third-order valence-corrected chi connectivity index (χ3v) is 1.38. The van der Waals surface area contributed by atoms with Gasteiger partial charge in [-0.3, -0.25) is 0 Å². The van der Waals surface area contributed by atoms with E-state index in [1.54, 1.807) is 20.0 Å². The molecule has 1 heterocycles. The molecule has 5 nitrogen and oxygen atoms in total. The first kappa shape index (κ1) is 7.71. The van der Waals surface area contributed by atoms with Gasteiger partial charge < -0.3 is 5.11 Å². The standard InChI is InChI=1S/C6H9N3O2/c1-4-3-9(8-7-4)5(2)6(10)11/h3,5H,1-2H3,(H,10,11)/t5-/m0/s1. The monoisotopic (exact) mass is 155 g/mol. The summed E-state index contributed by atoms with van der Waals surface area (Å²) in [5, 5.41) is 15.8. The number of nitrogens with zero attached hydrogens (tertiary/aromatic N) is 3. The van der Waals surface area contributed by atoms with Crippen molar-refractivity contribution < 1.29 is 9.90 Å². The van der Waals surface area contributed by atoms with Crippen molar-refractivity contribution in [3.63, 3.8) is 0 Å². The molecule has 0 aliphatic rings. The summed E-state index contributed by atoms with van der Waals surface area (Å²) in [5.41, 5.74) is 0.720. The Balaban J connectivity index is 2.84. The van der Waals surface area contributed by atoms with Crippen LogP contribution in [0.15, 0.2) is 6.20 Å². The molecular formula is C6H9N3O2. The molecule has 11 heavy (non-hydrogen) atoms. The SMILES string of the molecule is Cc1cn([C@@H](C)C(=O)O)nn1. The van der Waals surface area contributed by atoms with Crippen LogP contribution in [0.2, 0.25) is 0 Å². The molecule has 5 heteroatoms. The van der Waals surface area contributed by atoms with E-state index >= 15 is 0 Å². The summed E-state index contributed by atoms with van der Waals surface area (Å²) in [5.74, 6) is -0.908. The molecule has 0 spiro atoms. The van der Waals surface area contributed by atoms with Crippen LogP contribution in [0.5, 0.6) is 0 Å². The molecule has 0 unspecified atom stereocenters. The Hall–Kier alpha value is -1.39. The fourth-order valence-electron chi connectivity index (χ4n) is 0.668. The molecule has 60 valence electrons. The Morgan fingerprint density at radius 3 is 2.82 bits per heavy atom. The van der Waals surface area contributed by atoms with Crippen molar-refractivity contribution in [3.8, 4) is 0 Å². The summed E-state index contributed by atoms with van der Waals surface area (Å²) in [6.07, 6.45) is 1.60. The number of carboxylic acid groups (broad SMARTS) is 1. The molecule has 1 N–H and O–H groups in total. The highest BCUT2D eigenvalue weighted by Gasteiger charge is 2.13. The highest BCUT2D eigenvalue weighted by molar-refractivity contribution is 5.71. The zero-order valence-corrected chi connectivity index (χ0v) is 6.35. The van der Waals surface area contributed by atoms with Gasteiger partial charge in [-0.1, -0.05) is 5.21 Å². The minimum atomic E-state index is -0.908. The number of hydrogen-bond acceptors (Lipinski definition) is 3. The molecule has 0 fully saturated rings. The predicted molar refractivity (Wildman–Crippen MR) is 37.1 cm³/mol. The molecule has 0 aliphatic carbocycles. The maximum absolute atomic E-state index is 10.4. The smallest absolute Gasteiger partial charge is 0.328 e. The first-order valence-corrected chi connectivity index (χ1v) is 3.22. The van der Waals surface area contributed by atoms with Crippen molar-refractivity contribution >= 4 is 5.97 Å². The Labute approximate surface area is 63.6 Å². The third kappa shape index (κ3) is 1.54. The molecular weight excluding hydrogens is 146 g/mol. The van der Waals surface area contributed by atoms with E-state index in [2.05, 4.69) is 10.3 Å². The van der Waals surface area contributed by atoms with Crippen molar-refractivity contribution in [1.29, 1.82) is 0 Å². The molecule has 0 amide bonds. The highest BCUT2D eigenvalue weighted by Crippen LogP contribution is 2.02. The van der Waals surface area contributed by atoms with Gasteiger partial charge in [0.05, 0.1) is 5.69 Å². The quantitative estimate of drug-likeness (QED) is 0.663. The molecule has 0 radical (unpaired) electrons. The number of carbonyl (C=O) groups is 1. The van der Waals surface area contributed by atoms with Crippen LogP contribution in [-0.4, -0.2) is 26.1 Å². The van der Waals surface area contributed by atoms with E-state index in [1.807, 2.05) is 0 Å². The first-order chi connectivity index (χ1) is 5.11. The summed E-state index contributed by atoms with van der Waals surface area (Å²) < 4.78 is 1.32. The van der Waals surface area contributed by atoms with Crippen LogP contribution >= 0.6 is 0 Å². The lowest BCUT2D eigenvalue weighted by Crippen LogP contribution is -2.15. The van der Waals surface area contributed by atoms with Gasteiger partial charge in [0.1, 0.15) is 6.04 Å². The second-order valence-electron chi connectivity index (χ2n) is 2.35. The van der Waals surface area contributed by atoms with Gasteiger partial charge in [0.2, 0.25) is 0 Å². The van der Waals surface area contributed by atoms with E-state index in [-0.39, 0.29) is 0 Å². The number of aliphatic carboxylic acids is 1. The van der Waals surface area contributed by atoms with Crippen molar-refractivity contribution in [1.82, 2.24) is 15.0 Å². The summed E-state index contributed by atoms with van der Waals surface area (Å²) in [7, 11) is 0. The van der Waals surface area contributed by atoms with Gasteiger partial charge in [-0.15, -0.1) is 5.10 Å². The van der Waals surface area contributed by atoms with Gasteiger partial charge in [-0.25, -0.2) is 9.48 Å². The Bertz CT molecular complexity index is 269.